The summed E-state index contributed by atoms with van der Waals surface area (Å²) in [6.07, 6.45) is 0. The largest absolute Gasteiger partial charge is 0.480 e. The number of carboxylic acid groups (broad SMARTS) is 1. The van der Waals surface area contributed by atoms with Crippen molar-refractivity contribution in [1.82, 2.24) is 15.2 Å². The van der Waals surface area contributed by atoms with Crippen LogP contribution >= 0.6 is 11.8 Å². The van der Waals surface area contributed by atoms with Gasteiger partial charge in [-0.1, -0.05) is 32.5 Å². The Bertz CT molecular complexity index is 478. The summed E-state index contributed by atoms with van der Waals surface area (Å²) in [5.74, 6) is -0.961. The predicted molar refractivity (Wildman–Crippen MR) is 64.3 cm³/mol. The van der Waals surface area contributed by atoms with Crippen molar-refractivity contribution >= 4 is 17.7 Å². The van der Waals surface area contributed by atoms with E-state index in [1.54, 1.807) is 0 Å². The van der Waals surface area contributed by atoms with Crippen LogP contribution in [0.25, 0.3) is 0 Å². The Balaban J connectivity index is 2.98. The van der Waals surface area contributed by atoms with E-state index in [0.717, 1.165) is 11.8 Å². The lowest BCUT2D eigenvalue weighted by molar-refractivity contribution is -0.136. The molecule has 6 nitrogen and oxygen atoms in total. The number of carboxylic acids is 1. The number of rotatable bonds is 3. The van der Waals surface area contributed by atoms with Crippen molar-refractivity contribution in [1.29, 1.82) is 0 Å². The number of aromatic amines is 1. The van der Waals surface area contributed by atoms with Crippen molar-refractivity contribution < 1.29 is 9.90 Å². The maximum Gasteiger partial charge on any atom is 0.316 e. The third kappa shape index (κ3) is 3.55. The van der Waals surface area contributed by atoms with Gasteiger partial charge in [0.15, 0.2) is 5.16 Å². The summed E-state index contributed by atoms with van der Waals surface area (Å²) in [6, 6.07) is 0. The van der Waals surface area contributed by atoms with Gasteiger partial charge < -0.3 is 5.11 Å². The van der Waals surface area contributed by atoms with Crippen LogP contribution in [0.1, 0.15) is 33.4 Å². The Labute approximate surface area is 103 Å². The van der Waals surface area contributed by atoms with Gasteiger partial charge in [-0.15, -0.1) is 10.2 Å². The smallest absolute Gasteiger partial charge is 0.316 e. The van der Waals surface area contributed by atoms with E-state index in [4.69, 9.17) is 5.11 Å². The summed E-state index contributed by atoms with van der Waals surface area (Å²) in [4.78, 5) is 24.9. The number of thioether (sulfide) groups is 1. The molecule has 0 bridgehead atoms. The lowest BCUT2D eigenvalue weighted by Gasteiger charge is -2.15. The van der Waals surface area contributed by atoms with E-state index in [1.807, 2.05) is 20.8 Å². The molecule has 0 aromatic carbocycles. The Morgan fingerprint density at radius 3 is 2.41 bits per heavy atom. The number of aromatic nitrogens is 3. The van der Waals surface area contributed by atoms with Gasteiger partial charge in [0.2, 0.25) is 0 Å². The minimum atomic E-state index is -0.961. The van der Waals surface area contributed by atoms with Crippen molar-refractivity contribution in [3.8, 4) is 0 Å². The fourth-order valence-electron chi connectivity index (χ4n) is 1.08. The van der Waals surface area contributed by atoms with Gasteiger partial charge in [-0.2, -0.15) is 0 Å². The van der Waals surface area contributed by atoms with Crippen molar-refractivity contribution in [3.63, 3.8) is 0 Å². The molecular formula is C10H15N3O3S. The van der Waals surface area contributed by atoms with Gasteiger partial charge >= 0.3 is 5.97 Å². The number of carbonyl (C=O) groups is 1. The molecule has 1 rings (SSSR count). The molecule has 0 aliphatic heterocycles. The topological polar surface area (TPSA) is 95.9 Å². The molecule has 0 fully saturated rings. The average Bonchev–Trinajstić information content (AvgIpc) is 2.15. The van der Waals surface area contributed by atoms with Gasteiger partial charge in [-0.05, 0) is 6.92 Å². The molecule has 94 valence electrons. The van der Waals surface area contributed by atoms with Crippen LogP contribution in [0.15, 0.2) is 9.95 Å². The number of nitrogens with one attached hydrogen (secondary N) is 1. The summed E-state index contributed by atoms with van der Waals surface area (Å²) < 4.78 is 0. The van der Waals surface area contributed by atoms with Crippen LogP contribution in [0.2, 0.25) is 0 Å². The number of hydrogen-bond acceptors (Lipinski definition) is 5. The Morgan fingerprint density at radius 2 is 2.00 bits per heavy atom. The second kappa shape index (κ2) is 4.87. The molecule has 2 N–H and O–H groups in total. The maximum atomic E-state index is 11.7. The van der Waals surface area contributed by atoms with E-state index in [-0.39, 0.29) is 16.1 Å². The molecule has 1 atom stereocenters. The third-order valence-electron chi connectivity index (χ3n) is 2.02. The number of aliphatic carboxylic acids is 1. The summed E-state index contributed by atoms with van der Waals surface area (Å²) in [5, 5.41) is 16.0. The lowest BCUT2D eigenvalue weighted by atomic mass is 9.93. The number of H-pyrrole nitrogens is 1. The highest BCUT2D eigenvalue weighted by molar-refractivity contribution is 8.00. The third-order valence-corrected chi connectivity index (χ3v) is 2.99. The molecule has 0 saturated heterocycles. The van der Waals surface area contributed by atoms with E-state index in [0.29, 0.717) is 5.69 Å². The zero-order valence-electron chi connectivity index (χ0n) is 10.1. The first kappa shape index (κ1) is 13.7. The molecule has 0 saturated carbocycles. The van der Waals surface area contributed by atoms with Gasteiger partial charge in [0, 0.05) is 5.41 Å². The maximum absolute atomic E-state index is 11.7. The molecule has 0 amide bonds. The van der Waals surface area contributed by atoms with Crippen LogP contribution in [-0.4, -0.2) is 31.5 Å². The highest BCUT2D eigenvalue weighted by Crippen LogP contribution is 2.19. The molecule has 1 aromatic heterocycles. The Hall–Kier alpha value is -1.37. The fourth-order valence-corrected chi connectivity index (χ4v) is 1.76. The van der Waals surface area contributed by atoms with Crippen LogP contribution in [0.5, 0.6) is 0 Å². The van der Waals surface area contributed by atoms with Gasteiger partial charge in [0.25, 0.3) is 5.56 Å². The average molecular weight is 257 g/mol. The Morgan fingerprint density at radius 1 is 1.41 bits per heavy atom. The first-order valence-electron chi connectivity index (χ1n) is 5.08. The Kier molecular flexibility index (Phi) is 3.92. The van der Waals surface area contributed by atoms with Gasteiger partial charge in [-0.3, -0.25) is 14.6 Å². The molecule has 1 aromatic rings. The minimum absolute atomic E-state index is 0.220. The zero-order valence-corrected chi connectivity index (χ0v) is 11.0. The summed E-state index contributed by atoms with van der Waals surface area (Å²) in [7, 11) is 0. The van der Waals surface area contributed by atoms with Crippen LogP contribution in [0, 0.1) is 0 Å². The van der Waals surface area contributed by atoms with Gasteiger partial charge in [-0.25, -0.2) is 0 Å². The first-order valence-corrected chi connectivity index (χ1v) is 5.96. The van der Waals surface area contributed by atoms with Crippen LogP contribution in [0.4, 0.5) is 0 Å². The summed E-state index contributed by atoms with van der Waals surface area (Å²) in [5.41, 5.74) is -0.375. The lowest BCUT2D eigenvalue weighted by Crippen LogP contribution is -2.28. The molecule has 0 aliphatic carbocycles. The molecule has 1 heterocycles. The van der Waals surface area contributed by atoms with Crippen LogP contribution in [-0.2, 0) is 10.2 Å². The summed E-state index contributed by atoms with van der Waals surface area (Å²) in [6.45, 7) is 7.10. The van der Waals surface area contributed by atoms with Crippen molar-refractivity contribution in [2.45, 2.75) is 43.5 Å². The van der Waals surface area contributed by atoms with E-state index in [1.165, 1.54) is 6.92 Å². The van der Waals surface area contributed by atoms with E-state index in [2.05, 4.69) is 15.2 Å². The van der Waals surface area contributed by atoms with Crippen LogP contribution < -0.4 is 5.56 Å². The SMILES string of the molecule is CC(Sc1nnc(C(C)(C)C)c(=O)[nH]1)C(=O)O. The van der Waals surface area contributed by atoms with Crippen molar-refractivity contribution in [2.24, 2.45) is 0 Å². The van der Waals surface area contributed by atoms with Crippen molar-refractivity contribution in [3.05, 3.63) is 16.0 Å². The molecule has 0 spiro atoms. The number of hydrogen-bond donors (Lipinski definition) is 2. The molecule has 0 aliphatic rings. The van der Waals surface area contributed by atoms with Crippen molar-refractivity contribution in [2.75, 3.05) is 0 Å². The monoisotopic (exact) mass is 257 g/mol. The fraction of sp³-hybridized carbons (Fsp3) is 0.600. The molecule has 1 unspecified atom stereocenters. The quantitative estimate of drug-likeness (QED) is 0.785. The van der Waals surface area contributed by atoms with E-state index < -0.39 is 11.2 Å². The normalized spacial score (nSPS) is 13.4. The number of nitrogens with zero attached hydrogens (tertiary/aromatic N) is 2. The highest BCUT2D eigenvalue weighted by atomic mass is 32.2. The van der Waals surface area contributed by atoms with E-state index in [9.17, 15) is 9.59 Å². The van der Waals surface area contributed by atoms with Crippen LogP contribution in [0.3, 0.4) is 0 Å². The second-order valence-electron chi connectivity index (χ2n) is 4.66. The zero-order chi connectivity index (χ0) is 13.2. The standard InChI is InChI=1S/C10H15N3O3S/c1-5(8(15)16)17-9-11-7(14)6(12-13-9)10(2,3)4/h5H,1-4H3,(H,15,16)(H,11,13,14). The minimum Gasteiger partial charge on any atom is -0.480 e. The summed E-state index contributed by atoms with van der Waals surface area (Å²) >= 11 is 0.956. The molecule has 7 heteroatoms. The predicted octanol–water partition coefficient (Wildman–Crippen LogP) is 1.03. The van der Waals surface area contributed by atoms with Gasteiger partial charge in [0.05, 0.1) is 0 Å². The molecule has 17 heavy (non-hydrogen) atoms. The molecule has 0 radical (unpaired) electrons. The second-order valence-corrected chi connectivity index (χ2v) is 5.99. The van der Waals surface area contributed by atoms with Gasteiger partial charge in [0.1, 0.15) is 10.9 Å². The highest BCUT2D eigenvalue weighted by Gasteiger charge is 2.21. The molecular weight excluding hydrogens is 242 g/mol. The first-order chi connectivity index (χ1) is 7.71. The van der Waals surface area contributed by atoms with E-state index >= 15 is 0 Å².